The summed E-state index contributed by atoms with van der Waals surface area (Å²) in [4.78, 5) is -0.366. The third-order valence-electron chi connectivity index (χ3n) is 2.37. The van der Waals surface area contributed by atoms with E-state index in [4.69, 9.17) is 27.5 Å². The summed E-state index contributed by atoms with van der Waals surface area (Å²) in [5.74, 6) is -0.820. The van der Waals surface area contributed by atoms with E-state index in [-0.39, 0.29) is 28.7 Å². The van der Waals surface area contributed by atoms with Crippen LogP contribution in [0.5, 0.6) is 0 Å². The smallest absolute Gasteiger partial charge is 0.244 e. The number of hydrogen-bond acceptors (Lipinski definition) is 5. The van der Waals surface area contributed by atoms with Gasteiger partial charge in [0.15, 0.2) is 0 Å². The minimum absolute atomic E-state index is 0.212. The lowest BCUT2D eigenvalue weighted by atomic mass is 10.3. The molecular weight excluding hydrogens is 299 g/mol. The van der Waals surface area contributed by atoms with Crippen LogP contribution in [0, 0.1) is 5.82 Å². The molecule has 0 aromatic heterocycles. The number of nitrogens with two attached hydrogens (primary N) is 1. The highest BCUT2D eigenvalue weighted by molar-refractivity contribution is 7.89. The Hall–Kier alpha value is -0.930. The topological polar surface area (TPSA) is 104 Å². The molecule has 0 aliphatic heterocycles. The molecule has 0 aliphatic carbocycles. The van der Waals surface area contributed by atoms with Crippen molar-refractivity contribution >= 4 is 27.3 Å². The van der Waals surface area contributed by atoms with Crippen LogP contribution in [0.4, 0.5) is 10.1 Å². The molecule has 0 fully saturated rings. The van der Waals surface area contributed by atoms with E-state index < -0.39 is 29.1 Å². The number of sulfonamides is 1. The van der Waals surface area contributed by atoms with Crippen LogP contribution in [0.1, 0.15) is 0 Å². The van der Waals surface area contributed by atoms with E-state index >= 15 is 0 Å². The summed E-state index contributed by atoms with van der Waals surface area (Å²) in [5.41, 5.74) is 4.97. The maximum Gasteiger partial charge on any atom is 0.244 e. The number of halogens is 2. The summed E-state index contributed by atoms with van der Waals surface area (Å²) in [7, 11) is -4.06. The Labute approximate surface area is 115 Å². The summed E-state index contributed by atoms with van der Waals surface area (Å²) < 4.78 is 38.5. The molecule has 0 saturated heterocycles. The van der Waals surface area contributed by atoms with Gasteiger partial charge in [0.05, 0.1) is 23.9 Å². The molecule has 0 spiro atoms. The minimum Gasteiger partial charge on any atom is -0.396 e. The highest BCUT2D eigenvalue weighted by Crippen LogP contribution is 2.28. The molecule has 4 N–H and O–H groups in total. The average Bonchev–Trinajstić information content (AvgIpc) is 2.33. The van der Waals surface area contributed by atoms with Crippen molar-refractivity contribution < 1.29 is 23.0 Å². The lowest BCUT2D eigenvalue weighted by Crippen LogP contribution is -2.36. The van der Waals surface area contributed by atoms with Gasteiger partial charge in [-0.15, -0.1) is 0 Å². The Morgan fingerprint density at radius 3 is 2.26 bits per heavy atom. The molecule has 108 valence electrons. The molecule has 0 heterocycles. The maximum atomic E-state index is 13.1. The van der Waals surface area contributed by atoms with Crippen LogP contribution in [-0.4, -0.2) is 49.2 Å². The zero-order valence-corrected chi connectivity index (χ0v) is 11.5. The Bertz CT molecular complexity index is 547. The molecule has 0 aliphatic rings. The summed E-state index contributed by atoms with van der Waals surface area (Å²) in [6.07, 6.45) is 0. The van der Waals surface area contributed by atoms with Gasteiger partial charge in [-0.1, -0.05) is 11.6 Å². The number of nitrogens with zero attached hydrogens (tertiary/aromatic N) is 1. The molecule has 19 heavy (non-hydrogen) atoms. The Morgan fingerprint density at radius 1 is 1.26 bits per heavy atom. The van der Waals surface area contributed by atoms with E-state index in [1.54, 1.807) is 0 Å². The average molecular weight is 313 g/mol. The molecule has 0 radical (unpaired) electrons. The van der Waals surface area contributed by atoms with Crippen molar-refractivity contribution in [2.75, 3.05) is 32.0 Å². The van der Waals surface area contributed by atoms with E-state index in [9.17, 15) is 12.8 Å². The fourth-order valence-electron chi connectivity index (χ4n) is 1.46. The number of nitrogen functional groups attached to an aromatic ring is 1. The van der Waals surface area contributed by atoms with Gasteiger partial charge in [-0.25, -0.2) is 12.8 Å². The van der Waals surface area contributed by atoms with Crippen LogP contribution in [0.2, 0.25) is 5.02 Å². The molecule has 0 amide bonds. The van der Waals surface area contributed by atoms with Gasteiger partial charge in [0, 0.05) is 13.1 Å². The van der Waals surface area contributed by atoms with Crippen LogP contribution < -0.4 is 5.73 Å². The van der Waals surface area contributed by atoms with Gasteiger partial charge in [-0.2, -0.15) is 4.31 Å². The van der Waals surface area contributed by atoms with Gasteiger partial charge in [0.2, 0.25) is 10.0 Å². The van der Waals surface area contributed by atoms with Crippen LogP contribution >= 0.6 is 11.6 Å². The van der Waals surface area contributed by atoms with Crippen LogP contribution in [0.15, 0.2) is 17.0 Å². The van der Waals surface area contributed by atoms with E-state index in [1.807, 2.05) is 0 Å². The summed E-state index contributed by atoms with van der Waals surface area (Å²) in [6, 6.07) is 1.72. The van der Waals surface area contributed by atoms with E-state index in [2.05, 4.69) is 0 Å². The molecule has 0 saturated carbocycles. The predicted octanol–water partition coefficient (Wildman–Crippen LogP) is 0.0366. The van der Waals surface area contributed by atoms with Gasteiger partial charge < -0.3 is 15.9 Å². The van der Waals surface area contributed by atoms with Gasteiger partial charge in [-0.05, 0) is 12.1 Å². The van der Waals surface area contributed by atoms with Crippen LogP contribution in [-0.2, 0) is 10.0 Å². The van der Waals surface area contributed by atoms with Crippen molar-refractivity contribution in [3.8, 4) is 0 Å². The van der Waals surface area contributed by atoms with Gasteiger partial charge in [-0.3, -0.25) is 0 Å². The molecule has 1 aromatic carbocycles. The fourth-order valence-corrected chi connectivity index (χ4v) is 3.40. The first-order valence-corrected chi connectivity index (χ1v) is 7.12. The molecule has 0 bridgehead atoms. The molecule has 1 aromatic rings. The van der Waals surface area contributed by atoms with Crippen molar-refractivity contribution in [3.05, 3.63) is 23.0 Å². The first kappa shape index (κ1) is 16.1. The van der Waals surface area contributed by atoms with Crippen molar-refractivity contribution in [3.63, 3.8) is 0 Å². The first-order chi connectivity index (χ1) is 8.84. The van der Waals surface area contributed by atoms with Crippen molar-refractivity contribution in [1.82, 2.24) is 4.31 Å². The highest BCUT2D eigenvalue weighted by Gasteiger charge is 2.27. The minimum atomic E-state index is -4.06. The lowest BCUT2D eigenvalue weighted by Gasteiger charge is -2.21. The Morgan fingerprint density at radius 2 is 1.79 bits per heavy atom. The SMILES string of the molecule is Nc1cc(S(=O)(=O)N(CCO)CCO)c(Cl)cc1F. The number of aliphatic hydroxyl groups excluding tert-OH is 2. The first-order valence-electron chi connectivity index (χ1n) is 5.31. The van der Waals surface area contributed by atoms with E-state index in [0.717, 1.165) is 16.4 Å². The highest BCUT2D eigenvalue weighted by atomic mass is 35.5. The van der Waals surface area contributed by atoms with Gasteiger partial charge in [0.1, 0.15) is 10.7 Å². The molecule has 1 rings (SSSR count). The Kier molecular flexibility index (Phi) is 5.50. The molecule has 0 unspecified atom stereocenters. The standard InChI is InChI=1S/C10H14ClFN2O4S/c11-7-5-8(12)9(13)6-10(7)19(17,18)14(1-3-15)2-4-16/h5-6,15-16H,1-4,13H2. The zero-order chi connectivity index (χ0) is 14.6. The number of rotatable bonds is 6. The number of aliphatic hydroxyl groups is 2. The van der Waals surface area contributed by atoms with Crippen molar-refractivity contribution in [2.24, 2.45) is 0 Å². The van der Waals surface area contributed by atoms with Crippen LogP contribution in [0.3, 0.4) is 0 Å². The van der Waals surface area contributed by atoms with E-state index in [0.29, 0.717) is 0 Å². The maximum absolute atomic E-state index is 13.1. The molecule has 6 nitrogen and oxygen atoms in total. The third-order valence-corrected chi connectivity index (χ3v) is 4.73. The second-order valence-corrected chi connectivity index (χ2v) is 5.97. The number of hydrogen-bond donors (Lipinski definition) is 3. The third kappa shape index (κ3) is 3.54. The number of benzene rings is 1. The second-order valence-electron chi connectivity index (χ2n) is 3.66. The van der Waals surface area contributed by atoms with Crippen molar-refractivity contribution in [2.45, 2.75) is 4.90 Å². The zero-order valence-electron chi connectivity index (χ0n) is 9.88. The monoisotopic (exact) mass is 312 g/mol. The van der Waals surface area contributed by atoms with Gasteiger partial charge >= 0.3 is 0 Å². The quantitative estimate of drug-likeness (QED) is 0.643. The largest absolute Gasteiger partial charge is 0.396 e. The molecule has 0 atom stereocenters. The Balaban J connectivity index is 3.28. The van der Waals surface area contributed by atoms with Crippen LogP contribution in [0.25, 0.3) is 0 Å². The summed E-state index contributed by atoms with van der Waals surface area (Å²) in [5, 5.41) is 17.4. The number of anilines is 1. The lowest BCUT2D eigenvalue weighted by molar-refractivity contribution is 0.217. The van der Waals surface area contributed by atoms with Gasteiger partial charge in [0.25, 0.3) is 0 Å². The predicted molar refractivity (Wildman–Crippen MR) is 68.8 cm³/mol. The normalized spacial score (nSPS) is 12.1. The summed E-state index contributed by atoms with van der Waals surface area (Å²) in [6.45, 7) is -1.27. The molecular formula is C10H14ClFN2O4S. The molecule has 9 heteroatoms. The second kappa shape index (κ2) is 6.49. The summed E-state index contributed by atoms with van der Waals surface area (Å²) >= 11 is 5.70. The fraction of sp³-hybridized carbons (Fsp3) is 0.400. The van der Waals surface area contributed by atoms with E-state index in [1.165, 1.54) is 0 Å². The van der Waals surface area contributed by atoms with Crippen molar-refractivity contribution in [1.29, 1.82) is 0 Å².